The molecule has 0 aliphatic rings. The first-order chi connectivity index (χ1) is 12.7. The first kappa shape index (κ1) is 16.3. The largest absolute Gasteiger partial charge is 0.271 e. The molecule has 0 unspecified atom stereocenters. The summed E-state index contributed by atoms with van der Waals surface area (Å²) >= 11 is 5.85. The van der Waals surface area contributed by atoms with Crippen LogP contribution in [0.2, 0.25) is 5.02 Å². The molecule has 3 nitrogen and oxygen atoms in total. The molecule has 0 bridgehead atoms. The molecule has 0 aliphatic carbocycles. The highest BCUT2D eigenvalue weighted by atomic mass is 35.5. The van der Waals surface area contributed by atoms with Crippen molar-refractivity contribution in [2.75, 3.05) is 0 Å². The molecule has 0 heterocycles. The van der Waals surface area contributed by atoms with Gasteiger partial charge >= 0.3 is 0 Å². The Balaban J connectivity index is 1.70. The van der Waals surface area contributed by atoms with E-state index in [0.29, 0.717) is 10.6 Å². The van der Waals surface area contributed by atoms with E-state index in [4.69, 9.17) is 11.6 Å². The molecule has 0 aliphatic heterocycles. The number of fused-ring (bicyclic) bond motifs is 2. The van der Waals surface area contributed by atoms with E-state index in [0.717, 1.165) is 27.1 Å². The zero-order valence-electron chi connectivity index (χ0n) is 13.8. The third kappa shape index (κ3) is 3.17. The van der Waals surface area contributed by atoms with Crippen molar-refractivity contribution in [1.29, 1.82) is 0 Å². The second-order valence-corrected chi connectivity index (χ2v) is 6.37. The van der Waals surface area contributed by atoms with Gasteiger partial charge in [-0.3, -0.25) is 4.79 Å². The molecule has 4 aromatic carbocycles. The minimum Gasteiger partial charge on any atom is -0.267 e. The minimum atomic E-state index is -0.276. The van der Waals surface area contributed by atoms with Crippen molar-refractivity contribution in [2.45, 2.75) is 0 Å². The van der Waals surface area contributed by atoms with Gasteiger partial charge in [-0.05, 0) is 51.9 Å². The number of hydrogen-bond donors (Lipinski definition) is 1. The Morgan fingerprint density at radius 2 is 1.42 bits per heavy atom. The van der Waals surface area contributed by atoms with Crippen molar-refractivity contribution in [3.8, 4) is 0 Å². The van der Waals surface area contributed by atoms with Gasteiger partial charge in [0.25, 0.3) is 5.91 Å². The van der Waals surface area contributed by atoms with E-state index < -0.39 is 0 Å². The molecule has 0 radical (unpaired) electrons. The molecule has 1 amide bonds. The van der Waals surface area contributed by atoms with Gasteiger partial charge in [0, 0.05) is 16.1 Å². The molecule has 4 aromatic rings. The molecular formula is C22H15ClN2O. The van der Waals surface area contributed by atoms with Crippen LogP contribution in [0.25, 0.3) is 21.5 Å². The number of amides is 1. The number of nitrogens with zero attached hydrogens (tertiary/aromatic N) is 1. The van der Waals surface area contributed by atoms with E-state index in [1.807, 2.05) is 24.3 Å². The lowest BCUT2D eigenvalue weighted by Crippen LogP contribution is -2.17. The first-order valence-corrected chi connectivity index (χ1v) is 8.59. The lowest BCUT2D eigenvalue weighted by molar-refractivity contribution is 0.0955. The quantitative estimate of drug-likeness (QED) is 0.297. The number of carbonyl (C=O) groups excluding carboxylic acids is 1. The van der Waals surface area contributed by atoms with Crippen LogP contribution in [-0.4, -0.2) is 12.1 Å². The third-order valence-electron chi connectivity index (χ3n) is 4.28. The third-order valence-corrected chi connectivity index (χ3v) is 4.53. The van der Waals surface area contributed by atoms with Gasteiger partial charge < -0.3 is 0 Å². The van der Waals surface area contributed by atoms with Gasteiger partial charge in [-0.25, -0.2) is 5.43 Å². The minimum absolute atomic E-state index is 0.276. The maximum atomic E-state index is 12.2. The number of benzene rings is 4. The molecule has 126 valence electrons. The molecule has 26 heavy (non-hydrogen) atoms. The van der Waals surface area contributed by atoms with Crippen LogP contribution in [0.3, 0.4) is 0 Å². The SMILES string of the molecule is O=C(N/N=C/c1c2ccccc2cc2ccccc12)c1ccc(Cl)cc1. The van der Waals surface area contributed by atoms with Crippen LogP contribution in [0.5, 0.6) is 0 Å². The molecule has 0 saturated carbocycles. The van der Waals surface area contributed by atoms with Crippen molar-refractivity contribution in [1.82, 2.24) is 5.43 Å². The Labute approximate surface area is 155 Å². The Bertz CT molecular complexity index is 1080. The summed E-state index contributed by atoms with van der Waals surface area (Å²) in [5.41, 5.74) is 4.07. The molecule has 4 rings (SSSR count). The maximum Gasteiger partial charge on any atom is 0.271 e. The van der Waals surface area contributed by atoms with Crippen LogP contribution < -0.4 is 5.43 Å². The normalized spacial score (nSPS) is 11.3. The first-order valence-electron chi connectivity index (χ1n) is 8.22. The fourth-order valence-electron chi connectivity index (χ4n) is 3.01. The smallest absolute Gasteiger partial charge is 0.267 e. The number of rotatable bonds is 3. The monoisotopic (exact) mass is 358 g/mol. The number of carbonyl (C=O) groups is 1. The van der Waals surface area contributed by atoms with E-state index in [1.54, 1.807) is 30.5 Å². The number of nitrogens with one attached hydrogen (secondary N) is 1. The standard InChI is InChI=1S/C22H15ClN2O/c23-18-11-9-15(10-12-18)22(26)25-24-14-21-19-7-3-1-5-16(19)13-17-6-2-4-8-20(17)21/h1-14H,(H,25,26)/b24-14+. The summed E-state index contributed by atoms with van der Waals surface area (Å²) in [6.45, 7) is 0. The zero-order valence-corrected chi connectivity index (χ0v) is 14.6. The Kier molecular flexibility index (Phi) is 4.38. The van der Waals surface area contributed by atoms with E-state index in [2.05, 4.69) is 40.9 Å². The topological polar surface area (TPSA) is 41.5 Å². The van der Waals surface area contributed by atoms with Gasteiger partial charge in [0.2, 0.25) is 0 Å². The summed E-state index contributed by atoms with van der Waals surface area (Å²) in [6.07, 6.45) is 1.71. The van der Waals surface area contributed by atoms with Crippen LogP contribution >= 0.6 is 11.6 Å². The van der Waals surface area contributed by atoms with Gasteiger partial charge in [-0.1, -0.05) is 60.1 Å². The van der Waals surface area contributed by atoms with E-state index in [-0.39, 0.29) is 5.91 Å². The Hall–Kier alpha value is -3.17. The summed E-state index contributed by atoms with van der Waals surface area (Å²) in [5, 5.41) is 9.23. The highest BCUT2D eigenvalue weighted by Gasteiger charge is 2.06. The molecule has 4 heteroatoms. The molecule has 1 N–H and O–H groups in total. The maximum absolute atomic E-state index is 12.2. The van der Waals surface area contributed by atoms with Crippen molar-refractivity contribution in [3.05, 3.63) is 95.0 Å². The van der Waals surface area contributed by atoms with Gasteiger partial charge in [0.1, 0.15) is 0 Å². The van der Waals surface area contributed by atoms with Crippen LogP contribution in [0.4, 0.5) is 0 Å². The van der Waals surface area contributed by atoms with Gasteiger partial charge in [-0.2, -0.15) is 5.10 Å². The van der Waals surface area contributed by atoms with Crippen molar-refractivity contribution < 1.29 is 4.79 Å². The van der Waals surface area contributed by atoms with Crippen LogP contribution in [0.1, 0.15) is 15.9 Å². The molecule has 0 atom stereocenters. The summed E-state index contributed by atoms with van der Waals surface area (Å²) < 4.78 is 0. The summed E-state index contributed by atoms with van der Waals surface area (Å²) in [6, 6.07) is 25.2. The van der Waals surface area contributed by atoms with Gasteiger partial charge in [-0.15, -0.1) is 0 Å². The van der Waals surface area contributed by atoms with E-state index in [1.165, 1.54) is 0 Å². The summed E-state index contributed by atoms with van der Waals surface area (Å²) in [5.74, 6) is -0.276. The fourth-order valence-corrected chi connectivity index (χ4v) is 3.14. The summed E-state index contributed by atoms with van der Waals surface area (Å²) in [7, 11) is 0. The Morgan fingerprint density at radius 3 is 2.04 bits per heavy atom. The van der Waals surface area contributed by atoms with E-state index >= 15 is 0 Å². The molecule has 0 aromatic heterocycles. The van der Waals surface area contributed by atoms with Crippen LogP contribution in [0, 0.1) is 0 Å². The molecule has 0 spiro atoms. The number of halogens is 1. The summed E-state index contributed by atoms with van der Waals surface area (Å²) in [4.78, 5) is 12.2. The second kappa shape index (κ2) is 6.98. The van der Waals surface area contributed by atoms with Crippen molar-refractivity contribution in [2.24, 2.45) is 5.10 Å². The number of hydrazone groups is 1. The van der Waals surface area contributed by atoms with Crippen molar-refractivity contribution >= 4 is 45.3 Å². The predicted molar refractivity (Wildman–Crippen MR) is 108 cm³/mol. The lowest BCUT2D eigenvalue weighted by Gasteiger charge is -2.08. The average molecular weight is 359 g/mol. The van der Waals surface area contributed by atoms with Crippen molar-refractivity contribution in [3.63, 3.8) is 0 Å². The van der Waals surface area contributed by atoms with Crippen LogP contribution in [0.15, 0.2) is 84.0 Å². The second-order valence-electron chi connectivity index (χ2n) is 5.94. The number of hydrogen-bond acceptors (Lipinski definition) is 2. The van der Waals surface area contributed by atoms with Gasteiger partial charge in [0.15, 0.2) is 0 Å². The molecule has 0 saturated heterocycles. The molecule has 0 fully saturated rings. The molecular weight excluding hydrogens is 344 g/mol. The predicted octanol–water partition coefficient (Wildman–Crippen LogP) is 5.41. The average Bonchev–Trinajstić information content (AvgIpc) is 2.68. The van der Waals surface area contributed by atoms with Gasteiger partial charge in [0.05, 0.1) is 6.21 Å². The Morgan fingerprint density at radius 1 is 0.846 bits per heavy atom. The lowest BCUT2D eigenvalue weighted by atomic mass is 9.97. The zero-order chi connectivity index (χ0) is 17.9. The fraction of sp³-hybridized carbons (Fsp3) is 0. The van der Waals surface area contributed by atoms with E-state index in [9.17, 15) is 4.79 Å². The highest BCUT2D eigenvalue weighted by Crippen LogP contribution is 2.27. The van der Waals surface area contributed by atoms with Crippen LogP contribution in [-0.2, 0) is 0 Å². The highest BCUT2D eigenvalue weighted by molar-refractivity contribution is 6.30.